The Kier molecular flexibility index (Phi) is 12.7. The Balaban J connectivity index is 1.54. The molecular formula is C31H56N6O7S. The van der Waals surface area contributed by atoms with Crippen molar-refractivity contribution in [1.29, 1.82) is 0 Å². The number of unbranched alkanes of at least 4 members (excludes halogenated alkanes) is 4. The van der Waals surface area contributed by atoms with Gasteiger partial charge < -0.3 is 26.0 Å². The molecule has 2 unspecified atom stereocenters. The van der Waals surface area contributed by atoms with Crippen LogP contribution in [-0.4, -0.2) is 107 Å². The Hall–Kier alpha value is -2.45. The van der Waals surface area contributed by atoms with Crippen molar-refractivity contribution in [1.82, 2.24) is 29.5 Å². The molecule has 4 amide bonds. The van der Waals surface area contributed by atoms with Crippen LogP contribution in [0.15, 0.2) is 0 Å². The van der Waals surface area contributed by atoms with E-state index in [0.29, 0.717) is 45.3 Å². The zero-order chi connectivity index (χ0) is 33.6. The molecule has 13 nitrogen and oxygen atoms in total. The molecule has 45 heavy (non-hydrogen) atoms. The first-order valence-corrected chi connectivity index (χ1v) is 18.1. The Bertz CT molecular complexity index is 1170. The van der Waals surface area contributed by atoms with Gasteiger partial charge in [0, 0.05) is 38.3 Å². The molecule has 14 heteroatoms. The first kappa shape index (κ1) is 37.0. The van der Waals surface area contributed by atoms with Gasteiger partial charge in [0.15, 0.2) is 0 Å². The van der Waals surface area contributed by atoms with Gasteiger partial charge >= 0.3 is 12.0 Å². The summed E-state index contributed by atoms with van der Waals surface area (Å²) < 4.78 is 29.2. The third kappa shape index (κ3) is 9.31. The van der Waals surface area contributed by atoms with Gasteiger partial charge in [-0.05, 0) is 57.3 Å². The number of rotatable bonds is 15. The Morgan fingerprint density at radius 1 is 1.00 bits per heavy atom. The summed E-state index contributed by atoms with van der Waals surface area (Å²) in [5.41, 5.74) is -1.75. The molecule has 2 heterocycles. The van der Waals surface area contributed by atoms with Crippen molar-refractivity contribution in [2.75, 3.05) is 32.7 Å². The smallest absolute Gasteiger partial charge is 0.329 e. The molecule has 258 valence electrons. The molecule has 1 aliphatic carbocycles. The third-order valence-electron chi connectivity index (χ3n) is 9.49. The lowest BCUT2D eigenvalue weighted by Gasteiger charge is -2.41. The second-order valence-electron chi connectivity index (χ2n) is 14.3. The van der Waals surface area contributed by atoms with E-state index in [0.717, 1.165) is 38.5 Å². The molecule has 4 atom stereocenters. The maximum Gasteiger partial charge on any atom is 0.329 e. The van der Waals surface area contributed by atoms with Crippen LogP contribution < -0.4 is 16.0 Å². The second-order valence-corrected chi connectivity index (χ2v) is 16.2. The normalized spacial score (nSPS) is 26.0. The molecule has 3 aliphatic rings. The molecule has 0 spiro atoms. The number of hydrogen-bond donors (Lipinski definition) is 4. The number of carbonyl (C=O) groups excluding carboxylic acids is 3. The highest BCUT2D eigenvalue weighted by Gasteiger charge is 2.61. The van der Waals surface area contributed by atoms with Gasteiger partial charge in [0.2, 0.25) is 11.8 Å². The topological polar surface area (TPSA) is 168 Å². The number of carbonyl (C=O) groups is 4. The van der Waals surface area contributed by atoms with E-state index in [4.69, 9.17) is 0 Å². The van der Waals surface area contributed by atoms with Crippen molar-refractivity contribution in [3.8, 4) is 0 Å². The molecule has 1 saturated carbocycles. The molecule has 4 N–H and O–H groups in total. The van der Waals surface area contributed by atoms with Crippen molar-refractivity contribution in [2.24, 2.45) is 11.3 Å². The lowest BCUT2D eigenvalue weighted by Crippen LogP contribution is -2.59. The molecule has 3 fully saturated rings. The first-order valence-electron chi connectivity index (χ1n) is 16.7. The lowest BCUT2D eigenvalue weighted by atomic mass is 9.86. The maximum absolute atomic E-state index is 13.3. The average Bonchev–Trinajstić information content (AvgIpc) is 3.41. The number of nitrogens with zero attached hydrogens (tertiary/aromatic N) is 3. The van der Waals surface area contributed by atoms with Gasteiger partial charge in [-0.2, -0.15) is 17.0 Å². The minimum Gasteiger partial charge on any atom is -0.479 e. The van der Waals surface area contributed by atoms with Gasteiger partial charge in [0.05, 0.1) is 6.54 Å². The largest absolute Gasteiger partial charge is 0.479 e. The van der Waals surface area contributed by atoms with Gasteiger partial charge in [-0.1, -0.05) is 59.8 Å². The quantitative estimate of drug-likeness (QED) is 0.197. The van der Waals surface area contributed by atoms with Gasteiger partial charge in [-0.3, -0.25) is 9.59 Å². The van der Waals surface area contributed by atoms with E-state index in [1.54, 1.807) is 0 Å². The number of carboxylic acid groups (broad SMARTS) is 1. The van der Waals surface area contributed by atoms with Crippen LogP contribution in [-0.2, 0) is 24.6 Å². The predicted octanol–water partition coefficient (Wildman–Crippen LogP) is 2.67. The molecule has 0 aromatic carbocycles. The number of likely N-dealkylation sites (tertiary alicyclic amines) is 1. The molecule has 0 aromatic heterocycles. The Morgan fingerprint density at radius 3 is 2.31 bits per heavy atom. The summed E-state index contributed by atoms with van der Waals surface area (Å²) in [6, 6.07) is -2.11. The molecular weight excluding hydrogens is 600 g/mol. The number of urea groups is 1. The summed E-state index contributed by atoms with van der Waals surface area (Å²) in [5, 5.41) is 18.2. The van der Waals surface area contributed by atoms with Crippen molar-refractivity contribution in [3.63, 3.8) is 0 Å². The van der Waals surface area contributed by atoms with Gasteiger partial charge in [-0.15, -0.1) is 0 Å². The second kappa shape index (κ2) is 15.4. The minimum atomic E-state index is -3.67. The summed E-state index contributed by atoms with van der Waals surface area (Å²) in [6.07, 6.45) is 8.24. The highest BCUT2D eigenvalue weighted by molar-refractivity contribution is 7.86. The average molecular weight is 657 g/mol. The summed E-state index contributed by atoms with van der Waals surface area (Å²) >= 11 is 0. The van der Waals surface area contributed by atoms with E-state index in [1.165, 1.54) is 13.5 Å². The van der Waals surface area contributed by atoms with E-state index < -0.39 is 57.1 Å². The molecule has 3 rings (SSSR count). The maximum atomic E-state index is 13.3. The summed E-state index contributed by atoms with van der Waals surface area (Å²) in [7, 11) is -3.67. The van der Waals surface area contributed by atoms with Crippen LogP contribution in [0.1, 0.15) is 106 Å². The van der Waals surface area contributed by atoms with Crippen LogP contribution in [0.2, 0.25) is 0 Å². The fourth-order valence-electron chi connectivity index (χ4n) is 6.48. The van der Waals surface area contributed by atoms with Crippen molar-refractivity contribution >= 4 is 34.0 Å². The number of aliphatic carboxylic acids is 1. The van der Waals surface area contributed by atoms with Gasteiger partial charge in [0.25, 0.3) is 10.2 Å². The lowest BCUT2D eigenvalue weighted by molar-refractivity contribution is -0.145. The van der Waals surface area contributed by atoms with E-state index in [1.807, 2.05) is 34.6 Å². The number of amides is 4. The van der Waals surface area contributed by atoms with E-state index >= 15 is 0 Å². The van der Waals surface area contributed by atoms with Gasteiger partial charge in [-0.25, -0.2) is 9.59 Å². The van der Waals surface area contributed by atoms with Gasteiger partial charge in [0.1, 0.15) is 11.6 Å². The standard InChI is InChI=1S/C31H56N6O7S/c1-7-8-9-10-11-14-23-19-31(23,28(40)41)34-27(39)24-15-12-17-36(24)26(38)20-32-29(42)33-25(30(4,5)6)21-35-16-13-18-37(22(2)3)45(35,43)44/h22-25H,7-21H2,1-6H3,(H,34,39)(H,40,41)(H2,32,33,42)/t23?,24-,25?,31+/m0/s1. The predicted molar refractivity (Wildman–Crippen MR) is 171 cm³/mol. The van der Waals surface area contributed by atoms with Crippen LogP contribution in [0.5, 0.6) is 0 Å². The number of carboxylic acids is 1. The SMILES string of the molecule is CCCCCCCC1C[C@]1(NC(=O)[C@@H]1CCCN1C(=O)CNC(=O)NC(CN1CCCN(C(C)C)S1(=O)=O)C(C)(C)C)C(=O)O. The van der Waals surface area contributed by atoms with Crippen LogP contribution in [0.4, 0.5) is 4.79 Å². The zero-order valence-corrected chi connectivity index (χ0v) is 28.9. The summed E-state index contributed by atoms with van der Waals surface area (Å²) in [4.78, 5) is 52.9. The number of hydrogen-bond acceptors (Lipinski definition) is 6. The van der Waals surface area contributed by atoms with Crippen LogP contribution >= 0.6 is 0 Å². The highest BCUT2D eigenvalue weighted by Crippen LogP contribution is 2.47. The molecule has 0 bridgehead atoms. The third-order valence-corrected chi connectivity index (χ3v) is 11.7. The van der Waals surface area contributed by atoms with E-state index in [2.05, 4.69) is 22.9 Å². The fraction of sp³-hybridized carbons (Fsp3) is 0.871. The monoisotopic (exact) mass is 656 g/mol. The van der Waals surface area contributed by atoms with Crippen LogP contribution in [0, 0.1) is 11.3 Å². The van der Waals surface area contributed by atoms with E-state index in [-0.39, 0.29) is 25.0 Å². The number of nitrogens with one attached hydrogen (secondary N) is 3. The molecule has 0 radical (unpaired) electrons. The summed E-state index contributed by atoms with van der Waals surface area (Å²) in [6.45, 7) is 12.5. The Labute approximate surface area is 269 Å². The zero-order valence-electron chi connectivity index (χ0n) is 28.1. The van der Waals surface area contributed by atoms with Crippen LogP contribution in [0.3, 0.4) is 0 Å². The Morgan fingerprint density at radius 2 is 1.69 bits per heavy atom. The van der Waals surface area contributed by atoms with Crippen molar-refractivity contribution < 1.29 is 32.7 Å². The minimum absolute atomic E-state index is 0.0931. The first-order chi connectivity index (χ1) is 21.0. The van der Waals surface area contributed by atoms with Crippen LogP contribution in [0.25, 0.3) is 0 Å². The highest BCUT2D eigenvalue weighted by atomic mass is 32.2. The molecule has 0 aromatic rings. The molecule has 2 aliphatic heterocycles. The molecule has 2 saturated heterocycles. The fourth-order valence-corrected chi connectivity index (χ4v) is 8.37. The van der Waals surface area contributed by atoms with Crippen molar-refractivity contribution in [2.45, 2.75) is 129 Å². The van der Waals surface area contributed by atoms with E-state index in [9.17, 15) is 32.7 Å². The summed E-state index contributed by atoms with van der Waals surface area (Å²) in [5.74, 6) is -2.05. The van der Waals surface area contributed by atoms with Crippen molar-refractivity contribution in [3.05, 3.63) is 0 Å².